The van der Waals surface area contributed by atoms with Gasteiger partial charge >= 0.3 is 0 Å². The minimum absolute atomic E-state index is 0.314. The van der Waals surface area contributed by atoms with Crippen LogP contribution in [0.25, 0.3) is 0 Å². The zero-order valence-corrected chi connectivity index (χ0v) is 19.9. The Balaban J connectivity index is 2.03. The van der Waals surface area contributed by atoms with E-state index < -0.39 is 11.5 Å². The summed E-state index contributed by atoms with van der Waals surface area (Å²) in [5.74, 6) is -0.998. The summed E-state index contributed by atoms with van der Waals surface area (Å²) in [4.78, 5) is 26.3. The monoisotopic (exact) mass is 444 g/mol. The number of nitrogens with zero attached hydrogens (tertiary/aromatic N) is 1. The number of carbonyl (C=O) groups excluding carboxylic acids is 2. The number of aryl methyl sites for hydroxylation is 3. The van der Waals surface area contributed by atoms with Gasteiger partial charge in [0.2, 0.25) is 5.91 Å². The first-order valence-electron chi connectivity index (χ1n) is 11.2. The van der Waals surface area contributed by atoms with Crippen molar-refractivity contribution in [1.82, 2.24) is 10.4 Å². The van der Waals surface area contributed by atoms with E-state index in [2.05, 4.69) is 5.43 Å². The maximum atomic E-state index is 13.7. The van der Waals surface area contributed by atoms with E-state index in [1.54, 1.807) is 24.3 Å². The molecular weight excluding hydrogens is 412 g/mol. The van der Waals surface area contributed by atoms with Gasteiger partial charge in [-0.15, -0.1) is 0 Å². The van der Waals surface area contributed by atoms with Gasteiger partial charge in [0, 0.05) is 6.92 Å². The number of amides is 2. The van der Waals surface area contributed by atoms with Gasteiger partial charge in [0.1, 0.15) is 0 Å². The second-order valence-corrected chi connectivity index (χ2v) is 8.61. The van der Waals surface area contributed by atoms with Gasteiger partial charge in [0.05, 0.1) is 6.04 Å². The van der Waals surface area contributed by atoms with Crippen molar-refractivity contribution in [1.29, 1.82) is 0 Å². The number of hydrogen-bond donors (Lipinski definition) is 2. The molecule has 2 N–H and O–H groups in total. The topological polar surface area (TPSA) is 69.6 Å². The molecule has 0 bridgehead atoms. The van der Waals surface area contributed by atoms with Gasteiger partial charge in [-0.2, -0.15) is 0 Å². The highest BCUT2D eigenvalue weighted by Crippen LogP contribution is 2.32. The van der Waals surface area contributed by atoms with Crippen molar-refractivity contribution >= 4 is 11.8 Å². The zero-order chi connectivity index (χ0) is 24.2. The summed E-state index contributed by atoms with van der Waals surface area (Å²) in [6.07, 6.45) is 0.594. The van der Waals surface area contributed by atoms with Gasteiger partial charge < -0.3 is 5.11 Å². The van der Waals surface area contributed by atoms with Crippen molar-refractivity contribution in [2.45, 2.75) is 52.7 Å². The van der Waals surface area contributed by atoms with Gasteiger partial charge in [-0.25, -0.2) is 5.01 Å². The summed E-state index contributed by atoms with van der Waals surface area (Å²) in [6.45, 7) is 9.25. The molecule has 0 radical (unpaired) electrons. The molecule has 0 heterocycles. The molecule has 33 heavy (non-hydrogen) atoms. The Morgan fingerprint density at radius 2 is 1.21 bits per heavy atom. The minimum Gasteiger partial charge on any atom is -0.372 e. The first-order valence-corrected chi connectivity index (χ1v) is 11.2. The number of hydrazine groups is 1. The molecule has 1 atom stereocenters. The van der Waals surface area contributed by atoms with Crippen molar-refractivity contribution in [3.8, 4) is 0 Å². The van der Waals surface area contributed by atoms with Crippen molar-refractivity contribution in [2.24, 2.45) is 0 Å². The molecule has 3 aromatic carbocycles. The van der Waals surface area contributed by atoms with Gasteiger partial charge in [-0.05, 0) is 43.9 Å². The molecule has 0 aliphatic heterocycles. The van der Waals surface area contributed by atoms with E-state index >= 15 is 0 Å². The molecule has 0 unspecified atom stereocenters. The average molecular weight is 445 g/mol. The molecule has 0 aromatic heterocycles. The molecule has 0 aliphatic rings. The third kappa shape index (κ3) is 5.15. The van der Waals surface area contributed by atoms with Crippen molar-refractivity contribution in [2.75, 3.05) is 0 Å². The molecule has 0 saturated heterocycles. The fourth-order valence-electron chi connectivity index (χ4n) is 3.94. The Morgan fingerprint density at radius 3 is 1.58 bits per heavy atom. The fraction of sp³-hybridized carbons (Fsp3) is 0.286. The predicted octanol–water partition coefficient (Wildman–Crippen LogP) is 4.88. The normalized spacial score (nSPS) is 12.2. The third-order valence-electron chi connectivity index (χ3n) is 5.99. The Bertz CT molecular complexity index is 1060. The highest BCUT2D eigenvalue weighted by Gasteiger charge is 2.42. The molecule has 0 aliphatic carbocycles. The molecule has 3 rings (SSSR count). The Morgan fingerprint density at radius 1 is 0.818 bits per heavy atom. The molecule has 5 nitrogen and oxygen atoms in total. The van der Waals surface area contributed by atoms with Crippen LogP contribution in [0.5, 0.6) is 0 Å². The number of hydrogen-bond acceptors (Lipinski definition) is 3. The molecule has 3 aromatic rings. The number of nitrogens with one attached hydrogen (secondary N) is 1. The largest absolute Gasteiger partial charge is 0.372 e. The molecule has 2 amide bonds. The van der Waals surface area contributed by atoms with Crippen LogP contribution >= 0.6 is 0 Å². The Hall–Kier alpha value is -3.44. The highest BCUT2D eigenvalue weighted by molar-refractivity contribution is 5.91. The predicted molar refractivity (Wildman–Crippen MR) is 130 cm³/mol. The van der Waals surface area contributed by atoms with Crippen molar-refractivity contribution in [3.63, 3.8) is 0 Å². The van der Waals surface area contributed by atoms with Crippen LogP contribution in [0.4, 0.5) is 0 Å². The molecular formula is C28H32N2O3. The summed E-state index contributed by atoms with van der Waals surface area (Å²) in [6, 6.07) is 21.9. The number of carbonyl (C=O) groups is 2. The summed E-state index contributed by atoms with van der Waals surface area (Å²) in [5.41, 5.74) is 5.69. The van der Waals surface area contributed by atoms with E-state index in [-0.39, 0.29) is 11.9 Å². The summed E-state index contributed by atoms with van der Waals surface area (Å²) in [7, 11) is 0. The van der Waals surface area contributed by atoms with Crippen LogP contribution in [0.1, 0.15) is 59.7 Å². The van der Waals surface area contributed by atoms with Crippen LogP contribution in [-0.2, 0) is 15.2 Å². The molecule has 172 valence electrons. The standard InChI is InChI=1S/C28H32N2O3/c1-6-26(23-13-7-19(2)8-14-23)30(22(5)31)29-27(32)28(33,24-15-9-20(3)10-16-24)25-17-11-21(4)12-18-25/h7-18,26,33H,6H2,1-5H3,(H,29,32)/t26-/m0/s1. The number of aliphatic hydroxyl groups is 1. The van der Waals surface area contributed by atoms with Gasteiger partial charge in [0.25, 0.3) is 5.91 Å². The Labute approximate surface area is 196 Å². The van der Waals surface area contributed by atoms with Crippen LogP contribution in [0.3, 0.4) is 0 Å². The second-order valence-electron chi connectivity index (χ2n) is 8.61. The lowest BCUT2D eigenvalue weighted by Gasteiger charge is -2.35. The van der Waals surface area contributed by atoms with Gasteiger partial charge in [0.15, 0.2) is 5.60 Å². The van der Waals surface area contributed by atoms with E-state index in [0.29, 0.717) is 17.5 Å². The highest BCUT2D eigenvalue weighted by atomic mass is 16.3. The van der Waals surface area contributed by atoms with Crippen LogP contribution in [0.15, 0.2) is 72.8 Å². The van der Waals surface area contributed by atoms with Crippen LogP contribution in [0.2, 0.25) is 0 Å². The second kappa shape index (κ2) is 10.0. The van der Waals surface area contributed by atoms with E-state index in [4.69, 9.17) is 0 Å². The van der Waals surface area contributed by atoms with Gasteiger partial charge in [-0.1, -0.05) is 96.4 Å². The van der Waals surface area contributed by atoms with Crippen molar-refractivity contribution < 1.29 is 14.7 Å². The first-order chi connectivity index (χ1) is 15.7. The summed E-state index contributed by atoms with van der Waals surface area (Å²) < 4.78 is 0. The molecule has 0 fully saturated rings. The number of benzene rings is 3. The first kappa shape index (κ1) is 24.2. The lowest BCUT2D eigenvalue weighted by Crippen LogP contribution is -2.54. The maximum absolute atomic E-state index is 13.7. The van der Waals surface area contributed by atoms with E-state index in [1.165, 1.54) is 11.9 Å². The van der Waals surface area contributed by atoms with Crippen LogP contribution < -0.4 is 5.43 Å². The molecule has 0 saturated carbocycles. The van der Waals surface area contributed by atoms with Crippen LogP contribution in [-0.4, -0.2) is 21.9 Å². The summed E-state index contributed by atoms with van der Waals surface area (Å²) >= 11 is 0. The maximum Gasteiger partial charge on any atom is 0.279 e. The smallest absolute Gasteiger partial charge is 0.279 e. The van der Waals surface area contributed by atoms with Crippen molar-refractivity contribution in [3.05, 3.63) is 106 Å². The molecule has 0 spiro atoms. The van der Waals surface area contributed by atoms with Gasteiger partial charge in [-0.3, -0.25) is 15.0 Å². The lowest BCUT2D eigenvalue weighted by molar-refractivity contribution is -0.151. The van der Waals surface area contributed by atoms with Crippen LogP contribution in [0, 0.1) is 20.8 Å². The quantitative estimate of drug-likeness (QED) is 0.533. The number of rotatable bonds is 6. The fourth-order valence-corrected chi connectivity index (χ4v) is 3.94. The SMILES string of the molecule is CC[C@@H](c1ccc(C)cc1)N(NC(=O)C(O)(c1ccc(C)cc1)c1ccc(C)cc1)C(C)=O. The zero-order valence-electron chi connectivity index (χ0n) is 19.9. The Kier molecular flexibility index (Phi) is 7.34. The van der Waals surface area contributed by atoms with E-state index in [9.17, 15) is 14.7 Å². The summed E-state index contributed by atoms with van der Waals surface area (Å²) in [5, 5.41) is 13.2. The van der Waals surface area contributed by atoms with E-state index in [1.807, 2.05) is 76.2 Å². The van der Waals surface area contributed by atoms with E-state index in [0.717, 1.165) is 22.3 Å². The minimum atomic E-state index is -1.97. The third-order valence-corrected chi connectivity index (χ3v) is 5.99. The average Bonchev–Trinajstić information content (AvgIpc) is 2.80. The molecule has 5 heteroatoms. The lowest BCUT2D eigenvalue weighted by atomic mass is 9.85.